The lowest BCUT2D eigenvalue weighted by molar-refractivity contribution is -0.0207. The van der Waals surface area contributed by atoms with Crippen LogP contribution in [0.3, 0.4) is 0 Å². The van der Waals surface area contributed by atoms with Gasteiger partial charge in [0.15, 0.2) is 0 Å². The van der Waals surface area contributed by atoms with Gasteiger partial charge in [0.2, 0.25) is 5.95 Å². The second-order valence-electron chi connectivity index (χ2n) is 25.9. The van der Waals surface area contributed by atoms with Gasteiger partial charge < -0.3 is 35.4 Å². The number of piperidine rings is 1. The zero-order chi connectivity index (χ0) is 48.6. The van der Waals surface area contributed by atoms with Crippen LogP contribution in [0.5, 0.6) is 0 Å². The van der Waals surface area contributed by atoms with E-state index in [2.05, 4.69) is 77.7 Å². The van der Waals surface area contributed by atoms with Crippen LogP contribution < -0.4 is 30.7 Å². The first kappa shape index (κ1) is 49.4. The maximum atomic E-state index is 5.41. The second kappa shape index (κ2) is 21.2. The largest absolute Gasteiger partial charge is 0.497 e. The SMILES string of the molecule is C=C(CN(C)c1ncc(CNC23CC4CC(CC(C4)C2)C3)cn1)OCC.CN(C)c1ccc(CNC23CC4CC(CC(C4)C2)C3)cn1.c1cc(N2CCCCC2)ncc1CNC12CC3CC(CC(C3)C1)C2. The predicted octanol–water partition coefficient (Wildman–Crippen LogP) is 10.9. The van der Waals surface area contributed by atoms with Gasteiger partial charge in [0, 0.05) is 101 Å². The van der Waals surface area contributed by atoms with Crippen molar-refractivity contribution in [3.8, 4) is 0 Å². The molecule has 71 heavy (non-hydrogen) atoms. The Morgan fingerprint density at radius 3 is 1.31 bits per heavy atom. The maximum absolute atomic E-state index is 5.41. The Morgan fingerprint density at radius 2 is 0.944 bits per heavy atom. The molecular weight excluding hydrogens is 877 g/mol. The molecule has 0 amide bonds. The van der Waals surface area contributed by atoms with Crippen molar-refractivity contribution in [2.24, 2.45) is 53.3 Å². The van der Waals surface area contributed by atoms with Crippen LogP contribution in [0.2, 0.25) is 0 Å². The molecule has 0 spiro atoms. The molecule has 11 heteroatoms. The molecule has 0 unspecified atom stereocenters. The van der Waals surface area contributed by atoms with Crippen molar-refractivity contribution in [2.45, 2.75) is 178 Å². The van der Waals surface area contributed by atoms with Gasteiger partial charge in [0.25, 0.3) is 0 Å². The Balaban J connectivity index is 0.000000116. The molecule has 13 aliphatic rings. The summed E-state index contributed by atoms with van der Waals surface area (Å²) in [6, 6.07) is 8.87. The Kier molecular flexibility index (Phi) is 14.8. The van der Waals surface area contributed by atoms with Gasteiger partial charge >= 0.3 is 0 Å². The van der Waals surface area contributed by atoms with E-state index in [1.54, 1.807) is 0 Å². The summed E-state index contributed by atoms with van der Waals surface area (Å²) in [6.07, 6.45) is 38.3. The quantitative estimate of drug-likeness (QED) is 0.120. The van der Waals surface area contributed by atoms with Gasteiger partial charge in [-0.15, -0.1) is 0 Å². The van der Waals surface area contributed by atoms with Crippen LogP contribution in [0, 0.1) is 53.3 Å². The first-order chi connectivity index (χ1) is 34.4. The minimum absolute atomic E-state index is 0.388. The van der Waals surface area contributed by atoms with Crippen LogP contribution in [-0.4, -0.2) is 83.9 Å². The first-order valence-electron chi connectivity index (χ1n) is 28.8. The lowest BCUT2D eigenvalue weighted by Gasteiger charge is -2.57. The third-order valence-electron chi connectivity index (χ3n) is 19.7. The summed E-state index contributed by atoms with van der Waals surface area (Å²) in [4.78, 5) is 24.8. The van der Waals surface area contributed by atoms with Crippen molar-refractivity contribution >= 4 is 17.6 Å². The summed E-state index contributed by atoms with van der Waals surface area (Å²) < 4.78 is 5.41. The lowest BCUT2D eigenvalue weighted by atomic mass is 9.53. The van der Waals surface area contributed by atoms with Crippen molar-refractivity contribution in [3.63, 3.8) is 0 Å². The average molecular weight is 967 g/mol. The Labute approximate surface area is 428 Å². The molecule has 12 bridgehead atoms. The van der Waals surface area contributed by atoms with Crippen LogP contribution in [0.15, 0.2) is 61.4 Å². The van der Waals surface area contributed by atoms with Crippen LogP contribution in [-0.2, 0) is 24.4 Å². The van der Waals surface area contributed by atoms with Gasteiger partial charge in [-0.3, -0.25) is 0 Å². The highest BCUT2D eigenvalue weighted by atomic mass is 16.5. The zero-order valence-electron chi connectivity index (χ0n) is 44.4. The number of nitrogens with zero attached hydrogens (tertiary/aromatic N) is 7. The molecule has 386 valence electrons. The number of hydrogen-bond acceptors (Lipinski definition) is 11. The maximum Gasteiger partial charge on any atom is 0.225 e. The number of nitrogens with one attached hydrogen (secondary N) is 3. The minimum atomic E-state index is 0.388. The summed E-state index contributed by atoms with van der Waals surface area (Å²) in [7, 11) is 6.04. The van der Waals surface area contributed by atoms with Gasteiger partial charge in [-0.25, -0.2) is 19.9 Å². The van der Waals surface area contributed by atoms with Crippen LogP contribution >= 0.6 is 0 Å². The monoisotopic (exact) mass is 967 g/mol. The summed E-state index contributed by atoms with van der Waals surface area (Å²) in [6.45, 7) is 12.3. The fourth-order valence-electron chi connectivity index (χ4n) is 17.7. The number of ether oxygens (including phenoxy) is 1. The van der Waals surface area contributed by atoms with Gasteiger partial charge in [-0.2, -0.15) is 0 Å². The molecule has 3 N–H and O–H groups in total. The van der Waals surface area contributed by atoms with Crippen molar-refractivity contribution in [1.82, 2.24) is 35.9 Å². The summed E-state index contributed by atoms with van der Waals surface area (Å²) >= 11 is 0. The van der Waals surface area contributed by atoms with Crippen molar-refractivity contribution in [2.75, 3.05) is 62.1 Å². The molecule has 1 saturated heterocycles. The van der Waals surface area contributed by atoms with Crippen LogP contribution in [0.25, 0.3) is 0 Å². The third-order valence-corrected chi connectivity index (χ3v) is 19.7. The van der Waals surface area contributed by atoms with E-state index in [4.69, 9.17) is 9.72 Å². The van der Waals surface area contributed by atoms with Gasteiger partial charge in [0.1, 0.15) is 17.4 Å². The topological polar surface area (TPSA) is 107 Å². The summed E-state index contributed by atoms with van der Waals surface area (Å²) in [5, 5.41) is 11.8. The van der Waals surface area contributed by atoms with E-state index in [0.717, 1.165) is 84.5 Å². The number of pyridine rings is 2. The number of hydrogen-bond donors (Lipinski definition) is 3. The fourth-order valence-corrected chi connectivity index (χ4v) is 17.7. The van der Waals surface area contributed by atoms with Gasteiger partial charge in [-0.05, 0) is 218 Å². The molecule has 3 aromatic heterocycles. The number of rotatable bonds is 16. The van der Waals surface area contributed by atoms with E-state index in [9.17, 15) is 0 Å². The Bertz CT molecular complexity index is 2110. The van der Waals surface area contributed by atoms with Crippen LogP contribution in [0.4, 0.5) is 17.6 Å². The summed E-state index contributed by atoms with van der Waals surface area (Å²) in [5.74, 6) is 12.7. The molecule has 0 aromatic carbocycles. The van der Waals surface area contributed by atoms with Gasteiger partial charge in [-0.1, -0.05) is 18.7 Å². The minimum Gasteiger partial charge on any atom is -0.497 e. The highest BCUT2D eigenvalue weighted by Crippen LogP contribution is 2.58. The number of aromatic nitrogens is 4. The third kappa shape index (κ3) is 11.8. The van der Waals surface area contributed by atoms with Crippen molar-refractivity contribution < 1.29 is 4.74 Å². The fraction of sp³-hybridized carbons (Fsp3) is 0.733. The van der Waals surface area contributed by atoms with E-state index < -0.39 is 0 Å². The van der Waals surface area contributed by atoms with Gasteiger partial charge in [0.05, 0.1) is 13.2 Å². The molecule has 13 fully saturated rings. The highest BCUT2D eigenvalue weighted by molar-refractivity contribution is 5.40. The summed E-state index contributed by atoms with van der Waals surface area (Å²) in [5.41, 5.74) is 5.14. The molecule has 0 radical (unpaired) electrons. The normalized spacial score (nSPS) is 35.4. The predicted molar refractivity (Wildman–Crippen MR) is 288 cm³/mol. The van der Waals surface area contributed by atoms with E-state index in [-0.39, 0.29) is 0 Å². The number of anilines is 3. The molecule has 1 aliphatic heterocycles. The standard InChI is InChI=1S/C21H32N4O.C21H31N3.C18H27N3/c1-4-26-15(2)14-25(3)20-22-11-19(12-23-20)13-24-21-8-16-5-17(9-21)7-18(6-16)10-21;1-2-6-24(7-3-1)20-5-4-16(14-22-20)15-23-21-11-17-8-18(12-21)10-19(9-17)13-21;1-21(2)17-4-3-13(11-19-17)12-20-18-8-14-5-15(9-18)7-16(6-14)10-18/h11-12,16-18,24H,2,4-10,13-14H2,1,3H3;4-5,14,17-19,23H,1-3,6-13,15H2;3-4,11,14-16,20H,5-10,12H2,1-2H3. The molecule has 0 atom stereocenters. The highest BCUT2D eigenvalue weighted by Gasteiger charge is 2.53. The molecule has 12 saturated carbocycles. The zero-order valence-corrected chi connectivity index (χ0v) is 44.4. The van der Waals surface area contributed by atoms with Crippen LogP contribution in [0.1, 0.15) is 158 Å². The first-order valence-corrected chi connectivity index (χ1v) is 28.8. The van der Waals surface area contributed by atoms with Crippen molar-refractivity contribution in [1.29, 1.82) is 0 Å². The van der Waals surface area contributed by atoms with E-state index in [1.807, 2.05) is 51.6 Å². The average Bonchev–Trinajstić information content (AvgIpc) is 3.35. The van der Waals surface area contributed by atoms with E-state index >= 15 is 0 Å². The molecule has 3 aromatic rings. The molecule has 11 nitrogen and oxygen atoms in total. The number of likely N-dealkylation sites (N-methyl/N-ethyl adjacent to an activating group) is 1. The molecule has 12 aliphatic carbocycles. The molecular formula is C60H90N10O. The lowest BCUT2D eigenvalue weighted by Crippen LogP contribution is -2.58. The Morgan fingerprint density at radius 1 is 0.549 bits per heavy atom. The molecule has 16 rings (SSSR count). The Hall–Kier alpha value is -3.80. The van der Waals surface area contributed by atoms with E-state index in [0.29, 0.717) is 35.7 Å². The van der Waals surface area contributed by atoms with Crippen molar-refractivity contribution in [3.05, 3.63) is 78.1 Å². The van der Waals surface area contributed by atoms with E-state index in [1.165, 1.54) is 170 Å². The molecule has 4 heterocycles. The smallest absolute Gasteiger partial charge is 0.225 e. The second-order valence-corrected chi connectivity index (χ2v) is 25.9.